The molecule has 2 fully saturated rings. The Morgan fingerprint density at radius 3 is 2.28 bits per heavy atom. The molecule has 10 heteroatoms. The second-order valence-corrected chi connectivity index (χ2v) is 10.1. The Morgan fingerprint density at radius 2 is 1.66 bits per heavy atom. The molecule has 1 aromatic rings. The zero-order valence-corrected chi connectivity index (χ0v) is 18.1. The summed E-state index contributed by atoms with van der Waals surface area (Å²) in [4.78, 5) is 31.5. The maximum atomic E-state index is 12.7. The van der Waals surface area contributed by atoms with Gasteiger partial charge in [0.25, 0.3) is 0 Å². The summed E-state index contributed by atoms with van der Waals surface area (Å²) in [5.74, 6) is 0.707. The van der Waals surface area contributed by atoms with E-state index in [1.54, 1.807) is 0 Å². The van der Waals surface area contributed by atoms with Crippen LogP contribution in [0.4, 0.5) is 0 Å². The Bertz CT molecular complexity index is 811. The molecule has 0 atom stereocenters. The van der Waals surface area contributed by atoms with Crippen molar-refractivity contribution in [3.8, 4) is 0 Å². The van der Waals surface area contributed by atoms with E-state index in [0.717, 1.165) is 23.8 Å². The van der Waals surface area contributed by atoms with Crippen LogP contribution >= 0.6 is 0 Å². The van der Waals surface area contributed by atoms with Gasteiger partial charge in [0.1, 0.15) is 5.82 Å². The van der Waals surface area contributed by atoms with Crippen molar-refractivity contribution in [2.45, 2.75) is 45.6 Å². The molecule has 2 aliphatic heterocycles. The molecule has 3 heterocycles. The molecule has 0 saturated carbocycles. The first-order valence-electron chi connectivity index (χ1n) is 10.3. The quantitative estimate of drug-likeness (QED) is 0.563. The minimum Gasteiger partial charge on any atom is -0.333 e. The minimum absolute atomic E-state index is 0.0428. The monoisotopic (exact) mass is 425 g/mol. The van der Waals surface area contributed by atoms with E-state index in [4.69, 9.17) is 0 Å². The van der Waals surface area contributed by atoms with Crippen molar-refractivity contribution in [1.82, 2.24) is 23.7 Å². The second-order valence-electron chi connectivity index (χ2n) is 7.98. The van der Waals surface area contributed by atoms with Crippen LogP contribution in [0.5, 0.6) is 0 Å². The lowest BCUT2D eigenvalue weighted by Gasteiger charge is -2.34. The lowest BCUT2D eigenvalue weighted by molar-refractivity contribution is -0.147. The maximum absolute atomic E-state index is 12.7. The van der Waals surface area contributed by atoms with Gasteiger partial charge in [-0.3, -0.25) is 19.4 Å². The number of likely N-dealkylation sites (tertiary alicyclic amines) is 1. The number of imidazole rings is 1. The first-order chi connectivity index (χ1) is 13.8. The molecule has 162 valence electrons. The molecule has 0 aliphatic carbocycles. The summed E-state index contributed by atoms with van der Waals surface area (Å²) >= 11 is 0. The molecule has 1 aromatic heterocycles. The molecule has 0 N–H and O–H groups in total. The number of imide groups is 1. The fourth-order valence-corrected chi connectivity index (χ4v) is 5.27. The Kier molecular flexibility index (Phi) is 7.07. The van der Waals surface area contributed by atoms with Gasteiger partial charge >= 0.3 is 0 Å². The summed E-state index contributed by atoms with van der Waals surface area (Å²) in [6, 6.07) is 0. The van der Waals surface area contributed by atoms with Crippen LogP contribution in [0.25, 0.3) is 0 Å². The fraction of sp³-hybridized carbons (Fsp3) is 0.737. The van der Waals surface area contributed by atoms with Gasteiger partial charge in [-0.15, -0.1) is 0 Å². The third-order valence-electron chi connectivity index (χ3n) is 5.60. The van der Waals surface area contributed by atoms with Crippen LogP contribution in [0, 0.1) is 0 Å². The van der Waals surface area contributed by atoms with Crippen molar-refractivity contribution in [1.29, 1.82) is 0 Å². The average molecular weight is 426 g/mol. The number of sulfonamides is 1. The molecule has 0 unspecified atom stereocenters. The highest BCUT2D eigenvalue weighted by Gasteiger charge is 2.31. The third-order valence-corrected chi connectivity index (χ3v) is 7.45. The van der Waals surface area contributed by atoms with E-state index in [0.29, 0.717) is 51.4 Å². The lowest BCUT2D eigenvalue weighted by atomic mass is 10.1. The van der Waals surface area contributed by atoms with Crippen molar-refractivity contribution in [3.05, 3.63) is 18.2 Å². The smallest absolute Gasteiger partial charge is 0.229 e. The number of nitrogens with zero attached hydrogens (tertiary/aromatic N) is 5. The van der Waals surface area contributed by atoms with Crippen LogP contribution < -0.4 is 0 Å². The van der Waals surface area contributed by atoms with E-state index in [2.05, 4.69) is 28.3 Å². The second kappa shape index (κ2) is 9.36. The van der Waals surface area contributed by atoms with Crippen LogP contribution in [0.15, 0.2) is 12.4 Å². The normalized spacial score (nSPS) is 20.0. The van der Waals surface area contributed by atoms with Gasteiger partial charge in [-0.2, -0.15) is 4.31 Å². The number of rotatable bonds is 8. The lowest BCUT2D eigenvalue weighted by Crippen LogP contribution is -2.51. The van der Waals surface area contributed by atoms with Gasteiger partial charge in [-0.25, -0.2) is 13.4 Å². The van der Waals surface area contributed by atoms with Gasteiger partial charge in [0, 0.05) is 77.0 Å². The summed E-state index contributed by atoms with van der Waals surface area (Å²) < 4.78 is 29.0. The van der Waals surface area contributed by atoms with E-state index in [9.17, 15) is 18.0 Å². The Labute approximate surface area is 172 Å². The summed E-state index contributed by atoms with van der Waals surface area (Å²) in [5, 5.41) is 0. The average Bonchev–Trinajstić information content (AvgIpc) is 3.15. The van der Waals surface area contributed by atoms with Gasteiger partial charge < -0.3 is 4.57 Å². The first kappa shape index (κ1) is 21.9. The summed E-state index contributed by atoms with van der Waals surface area (Å²) in [7, 11) is -3.48. The molecule has 29 heavy (non-hydrogen) atoms. The number of amides is 2. The van der Waals surface area contributed by atoms with Crippen LogP contribution in [0.3, 0.4) is 0 Å². The molecular weight excluding hydrogens is 394 g/mol. The number of aromatic nitrogens is 2. The molecule has 0 bridgehead atoms. The largest absolute Gasteiger partial charge is 0.333 e. The molecular formula is C19H31N5O4S. The topological polar surface area (TPSA) is 95.8 Å². The Hall–Kier alpha value is -1.78. The zero-order chi connectivity index (χ0) is 21.0. The molecule has 2 aliphatic rings. The summed E-state index contributed by atoms with van der Waals surface area (Å²) in [6.45, 7) is 8.09. The number of hydrogen-bond donors (Lipinski definition) is 0. The molecule has 0 aromatic carbocycles. The molecule has 0 spiro atoms. The number of piperidine rings is 1. The number of hydrogen-bond acceptors (Lipinski definition) is 6. The number of piperazine rings is 1. The highest BCUT2D eigenvalue weighted by atomic mass is 32.2. The Morgan fingerprint density at radius 1 is 1.00 bits per heavy atom. The third kappa shape index (κ3) is 5.43. The molecule has 9 nitrogen and oxygen atoms in total. The van der Waals surface area contributed by atoms with E-state index < -0.39 is 10.0 Å². The predicted molar refractivity (Wildman–Crippen MR) is 109 cm³/mol. The molecule has 3 rings (SSSR count). The Balaban J connectivity index is 1.46. The number of carbonyl (C=O) groups excluding carboxylic acids is 2. The van der Waals surface area contributed by atoms with Crippen LogP contribution in [-0.4, -0.2) is 88.9 Å². The standard InChI is InChI=1S/C19H31N5O4S/c1-16(2)19-20-6-7-22(19)11-8-21-9-12-23(13-10-21)29(27,28)15-14-24-17(25)4-3-5-18(24)26/h6-7,16H,3-5,8-15H2,1-2H3. The van der Waals surface area contributed by atoms with Crippen LogP contribution in [0.2, 0.25) is 0 Å². The van der Waals surface area contributed by atoms with Gasteiger partial charge in [-0.1, -0.05) is 13.8 Å². The fourth-order valence-electron chi connectivity index (χ4n) is 3.88. The van der Waals surface area contributed by atoms with Crippen molar-refractivity contribution in [2.24, 2.45) is 0 Å². The highest BCUT2D eigenvalue weighted by Crippen LogP contribution is 2.15. The maximum Gasteiger partial charge on any atom is 0.229 e. The van der Waals surface area contributed by atoms with Gasteiger partial charge in [0.2, 0.25) is 21.8 Å². The van der Waals surface area contributed by atoms with Crippen molar-refractivity contribution in [3.63, 3.8) is 0 Å². The SMILES string of the molecule is CC(C)c1nccn1CCN1CCN(S(=O)(=O)CCN2C(=O)CCCC2=O)CC1. The van der Waals surface area contributed by atoms with E-state index >= 15 is 0 Å². The van der Waals surface area contributed by atoms with E-state index in [1.807, 2.05) is 12.4 Å². The van der Waals surface area contributed by atoms with Crippen LogP contribution in [0.1, 0.15) is 44.9 Å². The van der Waals surface area contributed by atoms with Gasteiger partial charge in [-0.05, 0) is 6.42 Å². The summed E-state index contributed by atoms with van der Waals surface area (Å²) in [5.41, 5.74) is 0. The van der Waals surface area contributed by atoms with Crippen molar-refractivity contribution < 1.29 is 18.0 Å². The van der Waals surface area contributed by atoms with Crippen LogP contribution in [-0.2, 0) is 26.2 Å². The van der Waals surface area contributed by atoms with E-state index in [-0.39, 0.29) is 24.1 Å². The first-order valence-corrected chi connectivity index (χ1v) is 11.9. The molecule has 2 saturated heterocycles. The van der Waals surface area contributed by atoms with Gasteiger partial charge in [0.05, 0.1) is 5.75 Å². The zero-order valence-electron chi connectivity index (χ0n) is 17.3. The van der Waals surface area contributed by atoms with Crippen molar-refractivity contribution in [2.75, 3.05) is 45.0 Å². The molecule has 0 radical (unpaired) electrons. The minimum atomic E-state index is -3.48. The van der Waals surface area contributed by atoms with Gasteiger partial charge in [0.15, 0.2) is 0 Å². The molecule has 2 amide bonds. The predicted octanol–water partition coefficient (Wildman–Crippen LogP) is 0.493. The summed E-state index contributed by atoms with van der Waals surface area (Å²) in [6.07, 6.45) is 5.00. The van der Waals surface area contributed by atoms with Crippen molar-refractivity contribution >= 4 is 21.8 Å². The number of carbonyl (C=O) groups is 2. The highest BCUT2D eigenvalue weighted by molar-refractivity contribution is 7.89. The van der Waals surface area contributed by atoms with E-state index in [1.165, 1.54) is 4.31 Å².